The highest BCUT2D eigenvalue weighted by Gasteiger charge is 2.31. The number of aliphatic hydroxyl groups excluding tert-OH is 1. The lowest BCUT2D eigenvalue weighted by atomic mass is 9.79. The Bertz CT molecular complexity index is 259. The number of nitrogens with zero attached hydrogens (tertiary/aromatic N) is 1. The van der Waals surface area contributed by atoms with E-state index >= 15 is 0 Å². The lowest BCUT2D eigenvalue weighted by Crippen LogP contribution is -2.46. The fourth-order valence-corrected chi connectivity index (χ4v) is 3.28. The second-order valence-corrected chi connectivity index (χ2v) is 6.70. The van der Waals surface area contributed by atoms with Crippen molar-refractivity contribution in [2.24, 2.45) is 5.92 Å². The summed E-state index contributed by atoms with van der Waals surface area (Å²) in [4.78, 5) is 2.32. The summed E-state index contributed by atoms with van der Waals surface area (Å²) in [6, 6.07) is 0. The third kappa shape index (κ3) is 5.03. The van der Waals surface area contributed by atoms with E-state index in [0.29, 0.717) is 13.1 Å². The van der Waals surface area contributed by atoms with E-state index in [1.165, 1.54) is 12.8 Å². The minimum atomic E-state index is -0.542. The van der Waals surface area contributed by atoms with Gasteiger partial charge < -0.3 is 20.4 Å². The number of rotatable bonds is 6. The molecule has 1 saturated heterocycles. The highest BCUT2D eigenvalue weighted by atomic mass is 16.3. The number of aliphatic hydroxyl groups is 2. The van der Waals surface area contributed by atoms with Crippen LogP contribution in [0.4, 0.5) is 0 Å². The van der Waals surface area contributed by atoms with Crippen LogP contribution >= 0.6 is 0 Å². The third-order valence-corrected chi connectivity index (χ3v) is 4.71. The van der Waals surface area contributed by atoms with Crippen molar-refractivity contribution in [3.63, 3.8) is 0 Å². The average molecular weight is 270 g/mol. The van der Waals surface area contributed by atoms with Gasteiger partial charge in [-0.1, -0.05) is 6.92 Å². The molecular formula is C15H30N2O2. The summed E-state index contributed by atoms with van der Waals surface area (Å²) < 4.78 is 0. The average Bonchev–Trinajstić information content (AvgIpc) is 2.86. The van der Waals surface area contributed by atoms with Gasteiger partial charge in [0.1, 0.15) is 0 Å². The Morgan fingerprint density at radius 2 is 1.89 bits per heavy atom. The molecule has 1 atom stereocenters. The predicted octanol–water partition coefficient (Wildman–Crippen LogP) is 0.974. The molecule has 4 heteroatoms. The maximum Gasteiger partial charge on any atom is 0.0791 e. The van der Waals surface area contributed by atoms with E-state index in [0.717, 1.165) is 51.2 Å². The quantitative estimate of drug-likeness (QED) is 0.673. The van der Waals surface area contributed by atoms with Gasteiger partial charge in [-0.2, -0.15) is 0 Å². The van der Waals surface area contributed by atoms with Crippen LogP contribution in [0.25, 0.3) is 0 Å². The van der Waals surface area contributed by atoms with Crippen molar-refractivity contribution in [2.75, 3.05) is 32.7 Å². The molecule has 19 heavy (non-hydrogen) atoms. The third-order valence-electron chi connectivity index (χ3n) is 4.71. The van der Waals surface area contributed by atoms with Gasteiger partial charge >= 0.3 is 0 Å². The molecule has 1 aliphatic carbocycles. The summed E-state index contributed by atoms with van der Waals surface area (Å²) >= 11 is 0. The molecule has 2 rings (SSSR count). The van der Waals surface area contributed by atoms with Crippen LogP contribution in [-0.4, -0.2) is 59.5 Å². The lowest BCUT2D eigenvalue weighted by molar-refractivity contribution is -0.00854. The molecule has 1 unspecified atom stereocenters. The SMILES string of the molecule is CC1CCC(O)(CNCC(O)CN2CCCC2)CC1. The Labute approximate surface area is 117 Å². The summed E-state index contributed by atoms with van der Waals surface area (Å²) in [5, 5.41) is 23.7. The molecule has 1 heterocycles. The topological polar surface area (TPSA) is 55.7 Å². The maximum atomic E-state index is 10.4. The van der Waals surface area contributed by atoms with Gasteiger partial charge in [0.25, 0.3) is 0 Å². The normalized spacial score (nSPS) is 34.6. The van der Waals surface area contributed by atoms with Crippen LogP contribution in [0, 0.1) is 5.92 Å². The van der Waals surface area contributed by atoms with Crippen LogP contribution in [0.5, 0.6) is 0 Å². The lowest BCUT2D eigenvalue weighted by Gasteiger charge is -2.35. The summed E-state index contributed by atoms with van der Waals surface area (Å²) in [5.74, 6) is 0.751. The van der Waals surface area contributed by atoms with Crippen LogP contribution in [0.15, 0.2) is 0 Å². The Morgan fingerprint density at radius 3 is 2.53 bits per heavy atom. The van der Waals surface area contributed by atoms with E-state index in [2.05, 4.69) is 17.1 Å². The molecule has 2 aliphatic rings. The minimum Gasteiger partial charge on any atom is -0.390 e. The molecule has 0 aromatic rings. The van der Waals surface area contributed by atoms with Gasteiger partial charge in [-0.05, 0) is 57.5 Å². The molecule has 0 spiro atoms. The fraction of sp³-hybridized carbons (Fsp3) is 1.00. The highest BCUT2D eigenvalue weighted by molar-refractivity contribution is 4.86. The second kappa shape index (κ2) is 7.02. The molecule has 0 bridgehead atoms. The minimum absolute atomic E-state index is 0.316. The van der Waals surface area contributed by atoms with Gasteiger partial charge in [-0.3, -0.25) is 0 Å². The zero-order chi connectivity index (χ0) is 13.7. The number of likely N-dealkylation sites (tertiary alicyclic amines) is 1. The molecule has 1 aliphatic heterocycles. The molecule has 3 N–H and O–H groups in total. The zero-order valence-corrected chi connectivity index (χ0v) is 12.3. The van der Waals surface area contributed by atoms with Crippen molar-refractivity contribution in [3.05, 3.63) is 0 Å². The Kier molecular flexibility index (Phi) is 5.63. The second-order valence-electron chi connectivity index (χ2n) is 6.70. The number of hydrogen-bond donors (Lipinski definition) is 3. The van der Waals surface area contributed by atoms with Gasteiger partial charge in [0.15, 0.2) is 0 Å². The van der Waals surface area contributed by atoms with Crippen LogP contribution < -0.4 is 5.32 Å². The standard InChI is InChI=1S/C15H30N2O2/c1-13-4-6-15(19,7-5-13)12-16-10-14(18)11-17-8-2-3-9-17/h13-14,16,18-19H,2-12H2,1H3. The van der Waals surface area contributed by atoms with E-state index in [1.54, 1.807) is 0 Å². The van der Waals surface area contributed by atoms with Crippen LogP contribution in [-0.2, 0) is 0 Å². The van der Waals surface area contributed by atoms with Crippen LogP contribution in [0.1, 0.15) is 45.4 Å². The van der Waals surface area contributed by atoms with Gasteiger partial charge in [0, 0.05) is 19.6 Å². The zero-order valence-electron chi connectivity index (χ0n) is 12.3. The molecule has 1 saturated carbocycles. The van der Waals surface area contributed by atoms with E-state index in [9.17, 15) is 10.2 Å². The van der Waals surface area contributed by atoms with Crippen molar-refractivity contribution < 1.29 is 10.2 Å². The van der Waals surface area contributed by atoms with Gasteiger partial charge in [-0.15, -0.1) is 0 Å². The molecular weight excluding hydrogens is 240 g/mol. The van der Waals surface area contributed by atoms with Crippen molar-refractivity contribution in [1.29, 1.82) is 0 Å². The summed E-state index contributed by atoms with van der Waals surface area (Å²) in [7, 11) is 0. The molecule has 0 aromatic heterocycles. The smallest absolute Gasteiger partial charge is 0.0791 e. The van der Waals surface area contributed by atoms with Gasteiger partial charge in [0.05, 0.1) is 11.7 Å². The van der Waals surface area contributed by atoms with E-state index in [1.807, 2.05) is 0 Å². The molecule has 112 valence electrons. The van der Waals surface area contributed by atoms with Crippen molar-refractivity contribution in [2.45, 2.75) is 57.2 Å². The van der Waals surface area contributed by atoms with E-state index in [-0.39, 0.29) is 6.10 Å². The molecule has 4 nitrogen and oxygen atoms in total. The first-order valence-corrected chi connectivity index (χ1v) is 7.91. The monoisotopic (exact) mass is 270 g/mol. The predicted molar refractivity (Wildman–Crippen MR) is 77.1 cm³/mol. The van der Waals surface area contributed by atoms with E-state index in [4.69, 9.17) is 0 Å². The Balaban J connectivity index is 1.59. The van der Waals surface area contributed by atoms with Crippen LogP contribution in [0.3, 0.4) is 0 Å². The summed E-state index contributed by atoms with van der Waals surface area (Å²) in [6.45, 7) is 6.48. The van der Waals surface area contributed by atoms with Gasteiger partial charge in [0.2, 0.25) is 0 Å². The Hall–Kier alpha value is -0.160. The fourth-order valence-electron chi connectivity index (χ4n) is 3.28. The highest BCUT2D eigenvalue weighted by Crippen LogP contribution is 2.31. The molecule has 0 radical (unpaired) electrons. The number of nitrogens with one attached hydrogen (secondary N) is 1. The largest absolute Gasteiger partial charge is 0.390 e. The maximum absolute atomic E-state index is 10.4. The van der Waals surface area contributed by atoms with Crippen molar-refractivity contribution >= 4 is 0 Å². The Morgan fingerprint density at radius 1 is 1.26 bits per heavy atom. The van der Waals surface area contributed by atoms with Crippen molar-refractivity contribution in [3.8, 4) is 0 Å². The van der Waals surface area contributed by atoms with Gasteiger partial charge in [-0.25, -0.2) is 0 Å². The number of hydrogen-bond acceptors (Lipinski definition) is 4. The summed E-state index contributed by atoms with van der Waals surface area (Å²) in [5.41, 5.74) is -0.542. The van der Waals surface area contributed by atoms with Crippen LogP contribution in [0.2, 0.25) is 0 Å². The molecule has 0 amide bonds. The number of β-amino-alcohol motifs (C(OH)–C–C–N with tert-alkyl or cyclic N) is 1. The van der Waals surface area contributed by atoms with E-state index < -0.39 is 5.60 Å². The first-order valence-electron chi connectivity index (χ1n) is 7.91. The summed E-state index contributed by atoms with van der Waals surface area (Å²) in [6.07, 6.45) is 6.23. The van der Waals surface area contributed by atoms with Crippen molar-refractivity contribution in [1.82, 2.24) is 10.2 Å². The first-order chi connectivity index (χ1) is 9.07. The molecule has 0 aromatic carbocycles. The molecule has 2 fully saturated rings. The first kappa shape index (κ1) is 15.2.